The van der Waals surface area contributed by atoms with Gasteiger partial charge < -0.3 is 24.3 Å². The number of nitrogens with zero attached hydrogens (tertiary/aromatic N) is 4. The molecule has 44 heavy (non-hydrogen) atoms. The molecule has 0 spiro atoms. The number of hydrogen-bond acceptors (Lipinski definition) is 7. The van der Waals surface area contributed by atoms with E-state index >= 15 is 0 Å². The third-order valence-corrected chi connectivity index (χ3v) is 8.98. The Bertz CT molecular complexity index is 1730. The predicted octanol–water partition coefficient (Wildman–Crippen LogP) is 5.99. The third kappa shape index (κ3) is 6.56. The van der Waals surface area contributed by atoms with E-state index in [1.807, 2.05) is 45.5 Å². The maximum absolute atomic E-state index is 14.3. The van der Waals surface area contributed by atoms with Gasteiger partial charge in [-0.1, -0.05) is 36.4 Å². The number of benzene rings is 3. The number of piperazine rings is 1. The number of fused-ring (bicyclic) bond motifs is 1. The molecule has 10 heteroatoms. The van der Waals surface area contributed by atoms with Crippen LogP contribution in [0.1, 0.15) is 26.6 Å². The summed E-state index contributed by atoms with van der Waals surface area (Å²) >= 11 is 1.50. The molecule has 8 nitrogen and oxygen atoms in total. The Kier molecular flexibility index (Phi) is 9.09. The highest BCUT2D eigenvalue weighted by atomic mass is 32.1. The Hall–Kier alpha value is -4.41. The lowest BCUT2D eigenvalue weighted by Gasteiger charge is -2.35. The first kappa shape index (κ1) is 29.7. The molecule has 3 aromatic carbocycles. The van der Waals surface area contributed by atoms with Crippen LogP contribution < -0.4 is 14.4 Å². The summed E-state index contributed by atoms with van der Waals surface area (Å²) in [6.45, 7) is 4.23. The molecule has 0 aliphatic carbocycles. The van der Waals surface area contributed by atoms with Crippen LogP contribution in [-0.4, -0.2) is 72.6 Å². The molecule has 0 unspecified atom stereocenters. The minimum absolute atomic E-state index is 0.0807. The van der Waals surface area contributed by atoms with Gasteiger partial charge in [0.25, 0.3) is 5.91 Å². The maximum Gasteiger partial charge on any atom is 0.273 e. The number of rotatable bonds is 11. The van der Waals surface area contributed by atoms with Crippen molar-refractivity contribution in [1.29, 1.82) is 0 Å². The van der Waals surface area contributed by atoms with E-state index in [-0.39, 0.29) is 11.7 Å². The van der Waals surface area contributed by atoms with Gasteiger partial charge in [-0.25, -0.2) is 9.37 Å². The fraction of sp³-hybridized carbons (Fsp3) is 0.294. The Morgan fingerprint density at radius 2 is 1.77 bits per heavy atom. The van der Waals surface area contributed by atoms with E-state index in [1.54, 1.807) is 26.4 Å². The molecular formula is C34H36FN5O3S. The fourth-order valence-electron chi connectivity index (χ4n) is 5.75. The number of para-hydroxylation sites is 2. The lowest BCUT2D eigenvalue weighted by Crippen LogP contribution is -2.49. The van der Waals surface area contributed by atoms with E-state index in [4.69, 9.17) is 14.5 Å². The van der Waals surface area contributed by atoms with Gasteiger partial charge >= 0.3 is 0 Å². The van der Waals surface area contributed by atoms with Gasteiger partial charge in [0.05, 0.1) is 26.5 Å². The average molecular weight is 614 g/mol. The number of carbonyl (C=O) groups excluding carboxylic acids is 1. The smallest absolute Gasteiger partial charge is 0.273 e. The zero-order valence-electron chi connectivity index (χ0n) is 25.0. The second-order valence-corrected chi connectivity index (χ2v) is 11.8. The molecule has 1 amide bonds. The highest BCUT2D eigenvalue weighted by Crippen LogP contribution is 2.28. The highest BCUT2D eigenvalue weighted by Gasteiger charge is 2.25. The lowest BCUT2D eigenvalue weighted by molar-refractivity contribution is 0.0741. The molecular weight excluding hydrogens is 577 g/mol. The Labute approximate surface area is 260 Å². The molecule has 3 heterocycles. The largest absolute Gasteiger partial charge is 0.497 e. The van der Waals surface area contributed by atoms with Crippen molar-refractivity contribution >= 4 is 33.8 Å². The fourth-order valence-corrected chi connectivity index (χ4v) is 6.56. The molecule has 0 bridgehead atoms. The second kappa shape index (κ2) is 13.5. The number of aromatic amines is 1. The van der Waals surface area contributed by atoms with Gasteiger partial charge in [-0.15, -0.1) is 11.3 Å². The molecule has 0 atom stereocenters. The standard InChI is InChI=1S/C34H36FN5O3S/c1-42-26-12-11-25(32(19-26)43-2)21-38(14-13-24-20-36-29-9-5-3-7-27(24)29)22-33-37-30(23-44-33)34(41)40-17-15-39(16-18-40)31-10-6-4-8-28(31)35/h3-12,19-20,23,36H,13-18,21-22H2,1-2H3. The van der Waals surface area contributed by atoms with Crippen LogP contribution in [-0.2, 0) is 19.5 Å². The molecule has 2 aromatic heterocycles. The molecule has 1 N–H and O–H groups in total. The quantitative estimate of drug-likeness (QED) is 0.197. The minimum Gasteiger partial charge on any atom is -0.497 e. The van der Waals surface area contributed by atoms with Crippen LogP contribution in [0.2, 0.25) is 0 Å². The first-order chi connectivity index (χ1) is 21.5. The molecule has 228 valence electrons. The van der Waals surface area contributed by atoms with Crippen LogP contribution in [0, 0.1) is 5.82 Å². The summed E-state index contributed by atoms with van der Waals surface area (Å²) in [5.41, 5.74) is 4.48. The lowest BCUT2D eigenvalue weighted by atomic mass is 10.1. The number of methoxy groups -OCH3 is 2. The third-order valence-electron chi connectivity index (χ3n) is 8.15. The summed E-state index contributed by atoms with van der Waals surface area (Å²) in [5.74, 6) is 1.19. The number of amides is 1. The predicted molar refractivity (Wildman–Crippen MR) is 172 cm³/mol. The first-order valence-electron chi connectivity index (χ1n) is 14.7. The molecule has 6 rings (SSSR count). The molecule has 5 aromatic rings. The SMILES string of the molecule is COc1ccc(CN(CCc2c[nH]c3ccccc23)Cc2nc(C(=O)N3CCN(c4ccccc4F)CC3)cs2)c(OC)c1. The van der Waals surface area contributed by atoms with Crippen molar-refractivity contribution in [2.45, 2.75) is 19.5 Å². The molecule has 1 aliphatic rings. The van der Waals surface area contributed by atoms with Crippen LogP contribution in [0.25, 0.3) is 10.9 Å². The monoisotopic (exact) mass is 613 g/mol. The van der Waals surface area contributed by atoms with Crippen molar-refractivity contribution in [3.05, 3.63) is 106 Å². The van der Waals surface area contributed by atoms with Gasteiger partial charge in [-0.05, 0) is 36.2 Å². The number of aromatic nitrogens is 2. The van der Waals surface area contributed by atoms with E-state index in [9.17, 15) is 9.18 Å². The van der Waals surface area contributed by atoms with E-state index in [0.29, 0.717) is 50.6 Å². The van der Waals surface area contributed by atoms with Crippen LogP contribution in [0.4, 0.5) is 10.1 Å². The topological polar surface area (TPSA) is 73.9 Å². The van der Waals surface area contributed by atoms with Crippen molar-refractivity contribution in [2.75, 3.05) is 51.8 Å². The van der Waals surface area contributed by atoms with Gasteiger partial charge in [0, 0.05) is 73.4 Å². The van der Waals surface area contributed by atoms with Crippen LogP contribution >= 0.6 is 11.3 Å². The first-order valence-corrected chi connectivity index (χ1v) is 15.6. The van der Waals surface area contributed by atoms with Gasteiger partial charge in [0.1, 0.15) is 28.0 Å². The van der Waals surface area contributed by atoms with Crippen LogP contribution in [0.15, 0.2) is 78.3 Å². The average Bonchev–Trinajstić information content (AvgIpc) is 3.71. The number of halogens is 1. The van der Waals surface area contributed by atoms with E-state index in [0.717, 1.165) is 40.6 Å². The Morgan fingerprint density at radius 3 is 2.57 bits per heavy atom. The van der Waals surface area contributed by atoms with Gasteiger partial charge in [0.2, 0.25) is 0 Å². The summed E-state index contributed by atoms with van der Waals surface area (Å²) < 4.78 is 25.4. The van der Waals surface area contributed by atoms with E-state index in [2.05, 4.69) is 34.3 Å². The highest BCUT2D eigenvalue weighted by molar-refractivity contribution is 7.09. The molecule has 0 radical (unpaired) electrons. The van der Waals surface area contributed by atoms with Gasteiger partial charge in [-0.3, -0.25) is 9.69 Å². The second-order valence-electron chi connectivity index (χ2n) is 10.9. The van der Waals surface area contributed by atoms with Crippen molar-refractivity contribution in [1.82, 2.24) is 19.8 Å². The number of hydrogen-bond donors (Lipinski definition) is 1. The molecule has 1 fully saturated rings. The van der Waals surface area contributed by atoms with Gasteiger partial charge in [-0.2, -0.15) is 0 Å². The summed E-state index contributed by atoms with van der Waals surface area (Å²) in [6, 6.07) is 21.0. The molecule has 0 saturated carbocycles. The van der Waals surface area contributed by atoms with Crippen molar-refractivity contribution in [3.8, 4) is 11.5 Å². The number of carbonyl (C=O) groups is 1. The number of thiazole rings is 1. The zero-order chi connectivity index (χ0) is 30.5. The molecule has 1 saturated heterocycles. The number of H-pyrrole nitrogens is 1. The number of nitrogens with one attached hydrogen (secondary N) is 1. The van der Waals surface area contributed by atoms with Crippen LogP contribution in [0.3, 0.4) is 0 Å². The summed E-state index contributed by atoms with van der Waals surface area (Å²) in [5, 5.41) is 3.96. The van der Waals surface area contributed by atoms with Gasteiger partial charge in [0.15, 0.2) is 0 Å². The summed E-state index contributed by atoms with van der Waals surface area (Å²) in [6.07, 6.45) is 2.94. The van der Waals surface area contributed by atoms with Crippen LogP contribution in [0.5, 0.6) is 11.5 Å². The van der Waals surface area contributed by atoms with Crippen molar-refractivity contribution in [3.63, 3.8) is 0 Å². The number of ether oxygens (including phenoxy) is 2. The Morgan fingerprint density at radius 1 is 0.977 bits per heavy atom. The van der Waals surface area contributed by atoms with Crippen molar-refractivity contribution < 1.29 is 18.7 Å². The summed E-state index contributed by atoms with van der Waals surface area (Å²) in [4.78, 5) is 27.7. The maximum atomic E-state index is 14.3. The number of anilines is 1. The molecule has 1 aliphatic heterocycles. The van der Waals surface area contributed by atoms with E-state index < -0.39 is 0 Å². The van der Waals surface area contributed by atoms with E-state index in [1.165, 1.54) is 28.4 Å². The van der Waals surface area contributed by atoms with Crippen molar-refractivity contribution in [2.24, 2.45) is 0 Å². The zero-order valence-corrected chi connectivity index (χ0v) is 25.8. The minimum atomic E-state index is -0.238. The Balaban J connectivity index is 1.15. The normalized spacial score (nSPS) is 13.5. The summed E-state index contributed by atoms with van der Waals surface area (Å²) in [7, 11) is 3.32.